The Kier molecular flexibility index (Phi) is 3.81. The van der Waals surface area contributed by atoms with Gasteiger partial charge in [0.2, 0.25) is 5.91 Å². The van der Waals surface area contributed by atoms with Crippen molar-refractivity contribution in [3.8, 4) is 0 Å². The molecular weight excluding hydrogens is 264 g/mol. The second-order valence-corrected chi connectivity index (χ2v) is 4.11. The Morgan fingerprint density at radius 1 is 1.35 bits per heavy atom. The van der Waals surface area contributed by atoms with Crippen molar-refractivity contribution in [2.45, 2.75) is 6.10 Å². The molecule has 0 bridgehead atoms. The Bertz CT molecular complexity index is 722. The first-order valence-electron chi connectivity index (χ1n) is 5.77. The number of hydrogen-bond acceptors (Lipinski definition) is 5. The van der Waals surface area contributed by atoms with Gasteiger partial charge in [-0.2, -0.15) is 0 Å². The van der Waals surface area contributed by atoms with Gasteiger partial charge in [0.1, 0.15) is 17.3 Å². The number of rotatable bonds is 4. The Hall–Kier alpha value is -2.67. The number of fused-ring (bicyclic) bond motifs is 1. The van der Waals surface area contributed by atoms with Crippen LogP contribution in [0.1, 0.15) is 10.4 Å². The third-order valence-electron chi connectivity index (χ3n) is 2.67. The molecule has 0 aliphatic carbocycles. The molecule has 2 rings (SSSR count). The maximum Gasteiger partial charge on any atom is 0.349 e. The minimum Gasteiger partial charge on any atom is -0.422 e. The third-order valence-corrected chi connectivity index (χ3v) is 2.67. The smallest absolute Gasteiger partial charge is 0.349 e. The maximum atomic E-state index is 11.8. The van der Waals surface area contributed by atoms with Gasteiger partial charge in [-0.05, 0) is 12.1 Å². The van der Waals surface area contributed by atoms with Crippen LogP contribution in [-0.4, -0.2) is 29.6 Å². The normalized spacial score (nSPS) is 12.1. The fourth-order valence-corrected chi connectivity index (χ4v) is 1.61. The highest BCUT2D eigenvalue weighted by Crippen LogP contribution is 2.12. The molecule has 0 radical (unpaired) electrons. The van der Waals surface area contributed by atoms with E-state index in [-0.39, 0.29) is 12.1 Å². The Morgan fingerprint density at radius 2 is 2.05 bits per heavy atom. The van der Waals surface area contributed by atoms with Crippen LogP contribution < -0.4 is 16.7 Å². The molecule has 1 aromatic carbocycles. The van der Waals surface area contributed by atoms with Crippen LogP contribution in [0.25, 0.3) is 11.0 Å². The Labute approximate surface area is 113 Å². The number of nitrogens with two attached hydrogens (primary N) is 1. The van der Waals surface area contributed by atoms with Crippen molar-refractivity contribution < 1.29 is 19.1 Å². The van der Waals surface area contributed by atoms with Gasteiger partial charge in [-0.1, -0.05) is 18.2 Å². The number of benzene rings is 1. The van der Waals surface area contributed by atoms with Crippen molar-refractivity contribution in [1.82, 2.24) is 5.32 Å². The van der Waals surface area contributed by atoms with Gasteiger partial charge < -0.3 is 20.6 Å². The van der Waals surface area contributed by atoms with Crippen molar-refractivity contribution in [1.29, 1.82) is 0 Å². The molecule has 4 N–H and O–H groups in total. The fraction of sp³-hybridized carbons (Fsp3) is 0.154. The first kappa shape index (κ1) is 13.8. The molecule has 0 aliphatic rings. The zero-order valence-corrected chi connectivity index (χ0v) is 10.3. The fourth-order valence-electron chi connectivity index (χ4n) is 1.61. The molecule has 2 amide bonds. The molecule has 0 saturated heterocycles. The number of nitrogens with one attached hydrogen (secondary N) is 1. The summed E-state index contributed by atoms with van der Waals surface area (Å²) in [6, 6.07) is 8.12. The highest BCUT2D eigenvalue weighted by molar-refractivity contribution is 5.96. The average molecular weight is 276 g/mol. The summed E-state index contributed by atoms with van der Waals surface area (Å²) >= 11 is 0. The van der Waals surface area contributed by atoms with Gasteiger partial charge in [0.25, 0.3) is 5.91 Å². The lowest BCUT2D eigenvalue weighted by Gasteiger charge is -2.08. The standard InChI is InChI=1S/C13H12N2O5/c14-11(17)9(16)6-15-12(18)8-5-7-3-1-2-4-10(7)20-13(8)19/h1-5,9,16H,6H2,(H2,14,17)(H,15,18). The number of hydrogen-bond donors (Lipinski definition) is 3. The highest BCUT2D eigenvalue weighted by Gasteiger charge is 2.16. The number of aliphatic hydroxyl groups excluding tert-OH is 1. The molecule has 1 aromatic heterocycles. The summed E-state index contributed by atoms with van der Waals surface area (Å²) in [5.74, 6) is -1.71. The molecule has 104 valence electrons. The van der Waals surface area contributed by atoms with E-state index in [0.717, 1.165) is 0 Å². The van der Waals surface area contributed by atoms with E-state index >= 15 is 0 Å². The summed E-state index contributed by atoms with van der Waals surface area (Å²) in [4.78, 5) is 34.1. The molecule has 1 unspecified atom stereocenters. The molecule has 0 aliphatic heterocycles. The van der Waals surface area contributed by atoms with Crippen molar-refractivity contribution >= 4 is 22.8 Å². The molecule has 1 atom stereocenters. The van der Waals surface area contributed by atoms with Crippen LogP contribution in [0.3, 0.4) is 0 Å². The molecule has 0 fully saturated rings. The second-order valence-electron chi connectivity index (χ2n) is 4.11. The Morgan fingerprint density at radius 3 is 2.75 bits per heavy atom. The van der Waals surface area contributed by atoms with E-state index in [9.17, 15) is 19.5 Å². The average Bonchev–Trinajstić information content (AvgIpc) is 2.43. The molecule has 7 nitrogen and oxygen atoms in total. The van der Waals surface area contributed by atoms with E-state index in [0.29, 0.717) is 11.0 Å². The van der Waals surface area contributed by atoms with Crippen LogP contribution in [0, 0.1) is 0 Å². The van der Waals surface area contributed by atoms with Gasteiger partial charge in [0.15, 0.2) is 0 Å². The summed E-state index contributed by atoms with van der Waals surface area (Å²) in [6.45, 7) is -0.375. The lowest BCUT2D eigenvalue weighted by Crippen LogP contribution is -2.40. The van der Waals surface area contributed by atoms with Crippen molar-refractivity contribution in [2.24, 2.45) is 5.73 Å². The van der Waals surface area contributed by atoms with Gasteiger partial charge >= 0.3 is 5.63 Å². The number of primary amides is 1. The van der Waals surface area contributed by atoms with Crippen LogP contribution in [-0.2, 0) is 4.79 Å². The predicted molar refractivity (Wildman–Crippen MR) is 70.0 cm³/mol. The predicted octanol–water partition coefficient (Wildman–Crippen LogP) is -0.631. The third kappa shape index (κ3) is 2.83. The van der Waals surface area contributed by atoms with Crippen LogP contribution in [0.4, 0.5) is 0 Å². The minimum absolute atomic E-state index is 0.208. The summed E-state index contributed by atoms with van der Waals surface area (Å²) in [5, 5.41) is 12.0. The van der Waals surface area contributed by atoms with Crippen LogP contribution in [0.5, 0.6) is 0 Å². The number of aliphatic hydroxyl groups is 1. The monoisotopic (exact) mass is 276 g/mol. The minimum atomic E-state index is -1.51. The number of para-hydroxylation sites is 1. The lowest BCUT2D eigenvalue weighted by atomic mass is 10.2. The topological polar surface area (TPSA) is 123 Å². The second kappa shape index (κ2) is 5.54. The highest BCUT2D eigenvalue weighted by atomic mass is 16.4. The van der Waals surface area contributed by atoms with Crippen molar-refractivity contribution in [3.63, 3.8) is 0 Å². The zero-order chi connectivity index (χ0) is 14.7. The molecular formula is C13H12N2O5. The van der Waals surface area contributed by atoms with Crippen LogP contribution in [0.2, 0.25) is 0 Å². The van der Waals surface area contributed by atoms with E-state index in [1.165, 1.54) is 6.07 Å². The summed E-state index contributed by atoms with van der Waals surface area (Å²) < 4.78 is 5.00. The van der Waals surface area contributed by atoms with Crippen molar-refractivity contribution in [2.75, 3.05) is 6.54 Å². The molecule has 7 heteroatoms. The quantitative estimate of drug-likeness (QED) is 0.641. The van der Waals surface area contributed by atoms with E-state index < -0.39 is 23.5 Å². The molecule has 20 heavy (non-hydrogen) atoms. The summed E-state index contributed by atoms with van der Waals surface area (Å²) in [5.41, 5.74) is 4.21. The number of carbonyl (C=O) groups is 2. The lowest BCUT2D eigenvalue weighted by molar-refractivity contribution is -0.125. The van der Waals surface area contributed by atoms with Gasteiger partial charge in [0.05, 0.1) is 6.54 Å². The van der Waals surface area contributed by atoms with Crippen LogP contribution >= 0.6 is 0 Å². The molecule has 0 saturated carbocycles. The van der Waals surface area contributed by atoms with Gasteiger partial charge in [-0.25, -0.2) is 4.79 Å². The number of carbonyl (C=O) groups excluding carboxylic acids is 2. The van der Waals surface area contributed by atoms with Gasteiger partial charge in [0, 0.05) is 5.39 Å². The van der Waals surface area contributed by atoms with E-state index in [1.54, 1.807) is 24.3 Å². The van der Waals surface area contributed by atoms with Gasteiger partial charge in [-0.3, -0.25) is 9.59 Å². The van der Waals surface area contributed by atoms with E-state index in [2.05, 4.69) is 5.32 Å². The maximum absolute atomic E-state index is 11.8. The summed E-state index contributed by atoms with van der Waals surface area (Å²) in [6.07, 6.45) is -1.51. The van der Waals surface area contributed by atoms with Crippen LogP contribution in [0.15, 0.2) is 39.5 Å². The Balaban J connectivity index is 2.24. The number of amides is 2. The first-order chi connectivity index (χ1) is 9.49. The largest absolute Gasteiger partial charge is 0.422 e. The molecule has 1 heterocycles. The summed E-state index contributed by atoms with van der Waals surface area (Å²) in [7, 11) is 0. The first-order valence-corrected chi connectivity index (χ1v) is 5.77. The molecule has 0 spiro atoms. The van der Waals surface area contributed by atoms with Gasteiger partial charge in [-0.15, -0.1) is 0 Å². The van der Waals surface area contributed by atoms with E-state index in [1.807, 2.05) is 0 Å². The molecule has 2 aromatic rings. The van der Waals surface area contributed by atoms with Crippen molar-refractivity contribution in [3.05, 3.63) is 46.3 Å². The van der Waals surface area contributed by atoms with E-state index in [4.69, 9.17) is 10.2 Å². The SMILES string of the molecule is NC(=O)C(O)CNC(=O)c1cc2ccccc2oc1=O. The zero-order valence-electron chi connectivity index (χ0n) is 10.3.